The summed E-state index contributed by atoms with van der Waals surface area (Å²) in [5, 5.41) is 42.5. The summed E-state index contributed by atoms with van der Waals surface area (Å²) in [7, 11) is -9.54. The number of ether oxygens (including phenoxy) is 6. The van der Waals surface area contributed by atoms with Crippen molar-refractivity contribution in [2.24, 2.45) is 11.8 Å². The Balaban J connectivity index is -0.000000219. The van der Waals surface area contributed by atoms with Gasteiger partial charge in [-0.15, -0.1) is 0 Å². The first-order valence-corrected chi connectivity index (χ1v) is 83.7. The second kappa shape index (κ2) is 75.7. The predicted molar refractivity (Wildman–Crippen MR) is 582 cm³/mol. The standard InChI is InChI=1S/C21H42O7Si3.3C18H38O7Si3.2C7H13NO2.C4H12N.H3N/c1-8-9-17-29(2,3)27-31(6,7)28-30(4,5)26-16-12-15-25-21(24)19-14-11-10-13-18(19)20(22)23;3*1-9-10-14-26(3,4)24-28(7,8)25-27(5,6)23-13-11-12-22-18(21)16(2)15-17(19)20;2*1-4-7(9)10-6-5-8(2)3;1-5(2,3)4;/h10-11,18-19H,8-9,12-17H2,1-7H3,(H,22,23);3*2,9-15H2,1,3-8H3,(H,19,20);2*4H,1,5-6H2,2-3H3;1-4H3;1H3/q;;;;;;+1;/p-1. The highest BCUT2D eigenvalue weighted by Crippen LogP contribution is 2.31. The van der Waals surface area contributed by atoms with Gasteiger partial charge in [-0.05, 0) is 222 Å². The lowest BCUT2D eigenvalue weighted by atomic mass is 9.83. The number of hydrogen-bond acceptors (Lipinski definition) is 34. The molecule has 0 spiro atoms. The Morgan fingerprint density at radius 2 is 0.546 bits per heavy atom. The molecular weight excluding hydrogens is 2020 g/mol. The maximum absolute atomic E-state index is 12.3. The number of allylic oxidation sites excluding steroid dienone is 2. The van der Waals surface area contributed by atoms with E-state index in [1.807, 2.05) is 96.4 Å². The van der Waals surface area contributed by atoms with Crippen molar-refractivity contribution in [2.45, 2.75) is 318 Å². The SMILES string of the molecule is C=C(CC(=O)[O-])C(=O)OCCCO[Si](C)(C)O[Si](C)(C)O[Si](C)(C)CCCC.C=C(CC(=O)[O-])C(=O)OCCCO[Si](C)(C)O[Si](C)(C)O[Si](C)(C)CCCC.C=C(CC(=O)[O-])C(=O)OCCCO[Si](C)(C)O[Si](C)(C)O[Si](C)(C)CCCC.C=CC(=O)OCCN(C)C.C=CC(=O)OCCN(C)C.CCCC[Si](C)(C)O[Si](C)(C)O[Si](C)(C)OCCCOC(=O)C1CC=CCC1C(=O)[O-].C[N+](C)(C)C.[H+].[H+].[NH4+]. The summed E-state index contributed by atoms with van der Waals surface area (Å²) in [5.41, 5.74) is -0.379. The number of carbonyl (C=O) groups is 10. The van der Waals surface area contributed by atoms with Gasteiger partial charge >= 0.3 is 107 Å². The van der Waals surface area contributed by atoms with Gasteiger partial charge in [-0.3, -0.25) is 4.79 Å². The predicted octanol–water partition coefficient (Wildman–Crippen LogP) is 14.4. The molecule has 1 aliphatic rings. The summed E-state index contributed by atoms with van der Waals surface area (Å²) in [4.78, 5) is 114. The average molecular weight is 2220 g/mol. The van der Waals surface area contributed by atoms with E-state index in [9.17, 15) is 68.4 Å². The van der Waals surface area contributed by atoms with E-state index in [1.54, 1.807) is 6.08 Å². The molecule has 1 rings (SSSR count). The molecular formula is C93H196N4O32Si12. The molecule has 48 heteroatoms. The smallest absolute Gasteiger partial charge is 0.550 e. The Bertz CT molecular complexity index is 3430. The van der Waals surface area contributed by atoms with Gasteiger partial charge < -0.3 is 139 Å². The van der Waals surface area contributed by atoms with Gasteiger partial charge in [0.05, 0.1) is 60.5 Å². The van der Waals surface area contributed by atoms with Crippen LogP contribution in [0.1, 0.15) is 140 Å². The maximum atomic E-state index is 12.3. The number of carbonyl (C=O) groups excluding carboxylic acids is 10. The van der Waals surface area contributed by atoms with Crippen LogP contribution in [0.2, 0.25) is 181 Å². The lowest BCUT2D eigenvalue weighted by molar-refractivity contribution is -0.849. The van der Waals surface area contributed by atoms with E-state index >= 15 is 0 Å². The van der Waals surface area contributed by atoms with E-state index in [0.29, 0.717) is 78.2 Å². The van der Waals surface area contributed by atoms with Crippen molar-refractivity contribution >= 4 is 161 Å². The third-order valence-corrected chi connectivity index (χ3v) is 60.6. The Morgan fingerprint density at radius 1 is 0.333 bits per heavy atom. The summed E-state index contributed by atoms with van der Waals surface area (Å²) in [5.74, 6) is -10.1. The summed E-state index contributed by atoms with van der Waals surface area (Å²) in [6.45, 7) is 80.3. The van der Waals surface area contributed by atoms with Crippen LogP contribution in [0.4, 0.5) is 0 Å². The first kappa shape index (κ1) is 149. The number of carboxylic acid groups (broad SMARTS) is 4. The summed E-state index contributed by atoms with van der Waals surface area (Å²) >= 11 is 0. The minimum atomic E-state index is -2.38. The van der Waals surface area contributed by atoms with Crippen molar-refractivity contribution in [3.05, 3.63) is 73.9 Å². The lowest BCUT2D eigenvalue weighted by Gasteiger charge is -2.38. The number of nitrogens with zero attached hydrogens (tertiary/aromatic N) is 3. The van der Waals surface area contributed by atoms with Crippen molar-refractivity contribution in [3.63, 3.8) is 0 Å². The second-order valence-corrected chi connectivity index (χ2v) is 88.0. The highest BCUT2D eigenvalue weighted by molar-refractivity contribution is 6.89. The molecule has 0 radical (unpaired) electrons. The quantitative estimate of drug-likeness (QED) is 0.0112. The van der Waals surface area contributed by atoms with E-state index in [4.69, 9.17) is 79.0 Å². The molecule has 141 heavy (non-hydrogen) atoms. The van der Waals surface area contributed by atoms with Crippen LogP contribution < -0.4 is 26.6 Å². The fourth-order valence-corrected chi connectivity index (χ4v) is 65.6. The molecule has 2 atom stereocenters. The first-order chi connectivity index (χ1) is 63.7. The Hall–Kier alpha value is -4.90. The number of quaternary nitrogens is 2. The number of hydrogen-bond donors (Lipinski definition) is 1. The van der Waals surface area contributed by atoms with Gasteiger partial charge in [0.1, 0.15) is 13.2 Å². The van der Waals surface area contributed by atoms with Crippen LogP contribution in [-0.4, -0.2) is 311 Å². The van der Waals surface area contributed by atoms with Crippen molar-refractivity contribution in [1.29, 1.82) is 0 Å². The number of carboxylic acids is 4. The van der Waals surface area contributed by atoms with Crippen LogP contribution in [0.3, 0.4) is 0 Å². The largest absolute Gasteiger partial charge is 1.00 e. The normalized spacial score (nSPS) is 13.7. The van der Waals surface area contributed by atoms with E-state index < -0.39 is 181 Å². The van der Waals surface area contributed by atoms with Crippen LogP contribution in [0.25, 0.3) is 0 Å². The maximum Gasteiger partial charge on any atom is 1.00 e. The van der Waals surface area contributed by atoms with Gasteiger partial charge in [0.2, 0.25) is 0 Å². The Kier molecular flexibility index (Phi) is 80.1. The number of likely N-dealkylation sites (N-methyl/N-ethyl adjacent to an activating group) is 2. The van der Waals surface area contributed by atoms with Crippen LogP contribution in [-0.2, 0) is 127 Å². The Morgan fingerprint density at radius 3 is 0.738 bits per heavy atom. The van der Waals surface area contributed by atoms with Gasteiger partial charge in [0.15, 0.2) is 33.3 Å². The van der Waals surface area contributed by atoms with Crippen molar-refractivity contribution in [3.8, 4) is 0 Å². The molecule has 0 aromatic carbocycles. The molecule has 4 N–H and O–H groups in total. The molecule has 0 saturated heterocycles. The topological polar surface area (TPSA) is 472 Å². The molecule has 2 unspecified atom stereocenters. The molecule has 0 aromatic heterocycles. The Labute approximate surface area is 866 Å². The molecule has 1 aliphatic carbocycles. The van der Waals surface area contributed by atoms with E-state index in [-0.39, 0.29) is 64.1 Å². The summed E-state index contributed by atoms with van der Waals surface area (Å²) in [6.07, 6.45) is 16.4. The molecule has 0 saturated carbocycles. The van der Waals surface area contributed by atoms with Gasteiger partial charge in [-0.2, -0.15) is 0 Å². The number of aliphatic carboxylic acids is 4. The van der Waals surface area contributed by atoms with Crippen LogP contribution in [0.5, 0.6) is 0 Å². The first-order valence-electron chi connectivity index (χ1n) is 48.7. The van der Waals surface area contributed by atoms with Crippen molar-refractivity contribution in [1.82, 2.24) is 16.0 Å². The number of rotatable bonds is 67. The fraction of sp³-hybridized carbons (Fsp3) is 0.763. The zero-order valence-electron chi connectivity index (χ0n) is 96.2. The molecule has 0 fully saturated rings. The van der Waals surface area contributed by atoms with Crippen molar-refractivity contribution < 1.29 is 155 Å². The average Bonchev–Trinajstić information content (AvgIpc) is 0.856. The monoisotopic (exact) mass is 2220 g/mol. The molecule has 0 amide bonds. The highest BCUT2D eigenvalue weighted by atomic mass is 28.5. The number of unbranched alkanes of at least 4 members (excludes halogenated alkanes) is 4. The minimum absolute atomic E-state index is 0. The summed E-state index contributed by atoms with van der Waals surface area (Å²) in [6, 6.07) is 4.51. The zero-order valence-corrected chi connectivity index (χ0v) is 106. The van der Waals surface area contributed by atoms with E-state index in [0.717, 1.165) is 73.2 Å². The lowest BCUT2D eigenvalue weighted by Crippen LogP contribution is -2.53. The second-order valence-electron chi connectivity index (χ2n) is 41.8. The van der Waals surface area contributed by atoms with Gasteiger partial charge in [-0.25, -0.2) is 24.0 Å². The number of esters is 6. The molecule has 0 heterocycles. The summed E-state index contributed by atoms with van der Waals surface area (Å²) < 4.78 is 106. The molecule has 828 valence electrons. The van der Waals surface area contributed by atoms with Gasteiger partial charge in [0.25, 0.3) is 0 Å². The van der Waals surface area contributed by atoms with Crippen LogP contribution >= 0.6 is 0 Å². The van der Waals surface area contributed by atoms with Crippen LogP contribution in [0.15, 0.2) is 73.9 Å². The van der Waals surface area contributed by atoms with E-state index in [2.05, 4.69) is 194 Å². The van der Waals surface area contributed by atoms with Gasteiger partial charge in [0, 0.05) is 143 Å². The molecule has 0 aromatic rings. The molecule has 36 nitrogen and oxygen atoms in total. The minimum Gasteiger partial charge on any atom is -0.550 e. The molecule has 0 bridgehead atoms. The zero-order chi connectivity index (χ0) is 110. The third-order valence-electron chi connectivity index (χ3n) is 18.4. The van der Waals surface area contributed by atoms with Crippen molar-refractivity contribution in [2.75, 3.05) is 136 Å². The third kappa shape index (κ3) is 95.8. The molecule has 0 aliphatic heterocycles. The van der Waals surface area contributed by atoms with E-state index in [1.165, 1.54) is 32.1 Å². The fourth-order valence-electron chi connectivity index (χ4n) is 13.3. The van der Waals surface area contributed by atoms with Crippen LogP contribution in [0, 0.1) is 11.8 Å². The highest BCUT2D eigenvalue weighted by Gasteiger charge is 2.45. The van der Waals surface area contributed by atoms with Gasteiger partial charge in [-0.1, -0.05) is 124 Å².